The molecule has 4 rings (SSSR count). The van der Waals surface area contributed by atoms with E-state index in [1.165, 1.54) is 0 Å². The fraction of sp³-hybridized carbons (Fsp3) is 0.543. The molecule has 246 valence electrons. The number of methoxy groups -OCH3 is 1. The summed E-state index contributed by atoms with van der Waals surface area (Å²) in [6, 6.07) is 12.4. The Hall–Kier alpha value is -2.69. The number of carbonyl (C=O) groups is 2. The van der Waals surface area contributed by atoms with Crippen LogP contribution < -0.4 is 4.74 Å². The molecule has 1 atom stereocenters. The van der Waals surface area contributed by atoms with Crippen molar-refractivity contribution in [1.82, 2.24) is 14.4 Å². The van der Waals surface area contributed by atoms with Gasteiger partial charge in [-0.2, -0.15) is 0 Å². The first kappa shape index (κ1) is 35.2. The van der Waals surface area contributed by atoms with Gasteiger partial charge in [0.15, 0.2) is 8.32 Å². The molecule has 0 aliphatic carbocycles. The number of esters is 1. The Kier molecular flexibility index (Phi) is 11.6. The number of aromatic nitrogens is 1. The van der Waals surface area contributed by atoms with Crippen LogP contribution in [0.4, 0.5) is 0 Å². The highest BCUT2D eigenvalue weighted by Crippen LogP contribution is 2.36. The molecule has 1 aliphatic rings. The third-order valence-corrected chi connectivity index (χ3v) is 14.1. The van der Waals surface area contributed by atoms with E-state index in [4.69, 9.17) is 25.5 Å². The molecule has 1 unspecified atom stereocenters. The zero-order valence-corrected chi connectivity index (χ0v) is 30.0. The second-order valence-corrected chi connectivity index (χ2v) is 18.9. The molecule has 0 amide bonds. The number of ether oxygens (including phenoxy) is 2. The molecule has 1 aliphatic heterocycles. The van der Waals surface area contributed by atoms with E-state index in [1.807, 2.05) is 32.0 Å². The van der Waals surface area contributed by atoms with Crippen LogP contribution in [-0.4, -0.2) is 93.6 Å². The second kappa shape index (κ2) is 14.8. The number of nitrogens with zero attached hydrogens (tertiary/aromatic N) is 3. The van der Waals surface area contributed by atoms with Crippen LogP contribution in [0, 0.1) is 6.92 Å². The summed E-state index contributed by atoms with van der Waals surface area (Å²) >= 11 is 6.05. The van der Waals surface area contributed by atoms with Crippen molar-refractivity contribution in [1.29, 1.82) is 0 Å². The van der Waals surface area contributed by atoms with E-state index in [2.05, 4.69) is 43.7 Å². The third kappa shape index (κ3) is 8.77. The molecular formula is C35H50ClN3O5Si. The number of rotatable bonds is 12. The number of fused-ring (bicyclic) bond motifs is 1. The van der Waals surface area contributed by atoms with Crippen LogP contribution >= 0.6 is 11.6 Å². The number of halogens is 1. The largest absolute Gasteiger partial charge is 0.497 e. The minimum absolute atomic E-state index is 0.0610. The number of hydrogen-bond donors (Lipinski definition) is 0. The predicted octanol–water partition coefficient (Wildman–Crippen LogP) is 6.80. The Balaban J connectivity index is 1.32. The number of hydrogen-bond acceptors (Lipinski definition) is 7. The van der Waals surface area contributed by atoms with Crippen LogP contribution in [0.3, 0.4) is 0 Å². The van der Waals surface area contributed by atoms with Crippen molar-refractivity contribution < 1.29 is 23.5 Å². The van der Waals surface area contributed by atoms with E-state index in [0.717, 1.165) is 56.7 Å². The molecule has 0 radical (unpaired) electrons. The maximum atomic E-state index is 13.6. The van der Waals surface area contributed by atoms with Gasteiger partial charge in [-0.25, -0.2) is 0 Å². The molecule has 8 nitrogen and oxygen atoms in total. The zero-order chi connectivity index (χ0) is 32.9. The molecule has 45 heavy (non-hydrogen) atoms. The van der Waals surface area contributed by atoms with Crippen LogP contribution in [0.5, 0.6) is 5.75 Å². The van der Waals surface area contributed by atoms with E-state index in [9.17, 15) is 9.59 Å². The van der Waals surface area contributed by atoms with Crippen molar-refractivity contribution in [2.24, 2.45) is 0 Å². The lowest BCUT2D eigenvalue weighted by atomic mass is 10.1. The second-order valence-electron chi connectivity index (χ2n) is 13.7. The van der Waals surface area contributed by atoms with Gasteiger partial charge in [-0.15, -0.1) is 0 Å². The van der Waals surface area contributed by atoms with Crippen molar-refractivity contribution >= 4 is 42.7 Å². The summed E-state index contributed by atoms with van der Waals surface area (Å²) in [7, 11) is -0.0937. The smallest absolute Gasteiger partial charge is 0.310 e. The lowest BCUT2D eigenvalue weighted by Crippen LogP contribution is -2.49. The van der Waals surface area contributed by atoms with Crippen LogP contribution in [-0.2, 0) is 20.4 Å². The molecular weight excluding hydrogens is 606 g/mol. The molecule has 0 N–H and O–H groups in total. The van der Waals surface area contributed by atoms with Gasteiger partial charge in [0.05, 0.1) is 19.0 Å². The maximum absolute atomic E-state index is 13.6. The van der Waals surface area contributed by atoms with Gasteiger partial charge in [-0.1, -0.05) is 32.4 Å². The van der Waals surface area contributed by atoms with Gasteiger partial charge in [0.25, 0.3) is 5.91 Å². The molecule has 0 spiro atoms. The summed E-state index contributed by atoms with van der Waals surface area (Å²) in [5.74, 6) is 0.158. The van der Waals surface area contributed by atoms with Crippen LogP contribution in [0.25, 0.3) is 10.9 Å². The van der Waals surface area contributed by atoms with Gasteiger partial charge in [-0.3, -0.25) is 19.1 Å². The number of carbonyl (C=O) groups excluding carboxylic acids is 2. The third-order valence-electron chi connectivity index (χ3n) is 9.36. The Morgan fingerprint density at radius 3 is 2.27 bits per heavy atom. The lowest BCUT2D eigenvalue weighted by molar-refractivity contribution is -0.148. The molecule has 1 fully saturated rings. The fourth-order valence-electron chi connectivity index (χ4n) is 5.63. The van der Waals surface area contributed by atoms with Crippen molar-refractivity contribution in [2.75, 3.05) is 53.0 Å². The van der Waals surface area contributed by atoms with Gasteiger partial charge >= 0.3 is 5.97 Å². The highest BCUT2D eigenvalue weighted by molar-refractivity contribution is 6.74. The molecule has 0 bridgehead atoms. The predicted molar refractivity (Wildman–Crippen MR) is 184 cm³/mol. The van der Waals surface area contributed by atoms with Gasteiger partial charge in [0.2, 0.25) is 0 Å². The van der Waals surface area contributed by atoms with Crippen LogP contribution in [0.1, 0.15) is 55.7 Å². The summed E-state index contributed by atoms with van der Waals surface area (Å²) < 4.78 is 19.4. The fourth-order valence-corrected chi connectivity index (χ4v) is 6.85. The topological polar surface area (TPSA) is 73.2 Å². The first-order valence-electron chi connectivity index (χ1n) is 16.0. The van der Waals surface area contributed by atoms with Crippen LogP contribution in [0.2, 0.25) is 23.2 Å². The summed E-state index contributed by atoms with van der Waals surface area (Å²) in [6.45, 7) is 21.7. The monoisotopic (exact) mass is 655 g/mol. The van der Waals surface area contributed by atoms with E-state index >= 15 is 0 Å². The molecule has 0 saturated carbocycles. The van der Waals surface area contributed by atoms with E-state index in [1.54, 1.807) is 35.9 Å². The van der Waals surface area contributed by atoms with Crippen molar-refractivity contribution in [3.63, 3.8) is 0 Å². The first-order valence-corrected chi connectivity index (χ1v) is 19.2. The standard InChI is InChI=1S/C35H50ClN3O5Si/c1-25(24-38-19-17-37(18-20-38)16-9-21-43-45(7,8)35(3,4)5)44-33(40)23-30-26(2)39(32-15-14-29(42-6)22-31(30)32)34(41)27-10-12-28(36)13-11-27/h10-15,22,25H,9,16-21,23-24H2,1-8H3. The highest BCUT2D eigenvalue weighted by atomic mass is 35.5. The highest BCUT2D eigenvalue weighted by Gasteiger charge is 2.37. The van der Waals surface area contributed by atoms with Gasteiger partial charge in [-0.05, 0) is 86.4 Å². The van der Waals surface area contributed by atoms with E-state index in [0.29, 0.717) is 34.1 Å². The maximum Gasteiger partial charge on any atom is 0.310 e. The minimum atomic E-state index is -1.69. The average molecular weight is 656 g/mol. The average Bonchev–Trinajstić information content (AvgIpc) is 3.25. The zero-order valence-electron chi connectivity index (χ0n) is 28.2. The number of benzene rings is 2. The van der Waals surface area contributed by atoms with Crippen molar-refractivity contribution in [2.45, 2.75) is 71.7 Å². The lowest BCUT2D eigenvalue weighted by Gasteiger charge is -2.37. The molecule has 3 aromatic rings. The van der Waals surface area contributed by atoms with Crippen molar-refractivity contribution in [3.05, 3.63) is 64.3 Å². The quantitative estimate of drug-likeness (QED) is 0.121. The Morgan fingerprint density at radius 2 is 1.64 bits per heavy atom. The molecule has 1 aromatic heterocycles. The normalized spacial score (nSPS) is 15.8. The summed E-state index contributed by atoms with van der Waals surface area (Å²) in [5, 5.41) is 1.60. The SMILES string of the molecule is COc1ccc2c(c1)c(CC(=O)OC(C)CN1CCN(CCCO[Si](C)(C)C(C)(C)C)CC1)c(C)n2C(=O)c1ccc(Cl)cc1. The van der Waals surface area contributed by atoms with E-state index < -0.39 is 8.32 Å². The van der Waals surface area contributed by atoms with Crippen molar-refractivity contribution in [3.8, 4) is 5.75 Å². The Labute approximate surface area is 274 Å². The molecule has 2 heterocycles. The first-order chi connectivity index (χ1) is 21.2. The van der Waals surface area contributed by atoms with Gasteiger partial charge in [0.1, 0.15) is 11.9 Å². The van der Waals surface area contributed by atoms with Gasteiger partial charge in [0, 0.05) is 67.5 Å². The minimum Gasteiger partial charge on any atom is -0.497 e. The molecule has 10 heteroatoms. The molecule has 2 aromatic carbocycles. The molecule has 1 saturated heterocycles. The summed E-state index contributed by atoms with van der Waals surface area (Å²) in [4.78, 5) is 31.7. The summed E-state index contributed by atoms with van der Waals surface area (Å²) in [6.07, 6.45) is 0.861. The van der Waals surface area contributed by atoms with Gasteiger partial charge < -0.3 is 18.8 Å². The Morgan fingerprint density at radius 1 is 1.00 bits per heavy atom. The van der Waals surface area contributed by atoms with Crippen LogP contribution in [0.15, 0.2) is 42.5 Å². The van der Waals surface area contributed by atoms with E-state index in [-0.39, 0.29) is 29.4 Å². The number of piperazine rings is 1. The summed E-state index contributed by atoms with van der Waals surface area (Å²) in [5.41, 5.74) is 2.69. The Bertz CT molecular complexity index is 1470.